The summed E-state index contributed by atoms with van der Waals surface area (Å²) in [7, 11) is 5.26. The number of nitrogens with two attached hydrogens (primary N) is 3. The number of aliphatic hydroxyl groups excluding tert-OH is 1. The molecular weight excluding hydrogens is 1760 g/mol. The number of para-hydroxylation sites is 2. The number of H-pyrrole nitrogens is 4. The number of aliphatic hydroxyl groups is 1. The van der Waals surface area contributed by atoms with Crippen molar-refractivity contribution in [2.75, 3.05) is 72.5 Å². The van der Waals surface area contributed by atoms with Gasteiger partial charge < -0.3 is 125 Å². The number of benzene rings is 3. The van der Waals surface area contributed by atoms with E-state index in [0.717, 1.165) is 36.3 Å². The number of carbonyl (C=O) groups excluding carboxylic acids is 17. The molecule has 730 valence electrons. The molecule has 135 heavy (non-hydrogen) atoms. The van der Waals surface area contributed by atoms with Crippen LogP contribution in [0.15, 0.2) is 104 Å². The Bertz CT molecular complexity index is 5390. The Morgan fingerprint density at radius 3 is 1.69 bits per heavy atom. The van der Waals surface area contributed by atoms with Crippen LogP contribution in [0.2, 0.25) is 0 Å². The van der Waals surface area contributed by atoms with Gasteiger partial charge in [-0.05, 0) is 98.7 Å². The van der Waals surface area contributed by atoms with Gasteiger partial charge in [0.25, 0.3) is 0 Å². The number of fused-ring (bicyclic) bond motifs is 4. The van der Waals surface area contributed by atoms with Gasteiger partial charge >= 0.3 is 0 Å². The van der Waals surface area contributed by atoms with Crippen molar-refractivity contribution in [1.82, 2.24) is 108 Å². The van der Waals surface area contributed by atoms with Gasteiger partial charge in [-0.3, -0.25) is 86.9 Å². The lowest BCUT2D eigenvalue weighted by molar-refractivity contribution is -0.149. The largest absolute Gasteiger partial charge is 0.394 e. The molecule has 7 aromatic rings. The number of amides is 17. The summed E-state index contributed by atoms with van der Waals surface area (Å²) in [5.74, 6) is -17.2. The Hall–Kier alpha value is -13.9. The van der Waals surface area contributed by atoms with Crippen molar-refractivity contribution < 1.29 is 86.6 Å². The number of aromatic amines is 4. The Morgan fingerprint density at radius 1 is 0.526 bits per heavy atom. The minimum absolute atomic E-state index is 0.00246. The second kappa shape index (κ2) is 50.2. The van der Waals surface area contributed by atoms with E-state index in [9.17, 15) is 53.1 Å². The molecule has 2 aliphatic rings. The van der Waals surface area contributed by atoms with E-state index in [1.807, 2.05) is 13.8 Å². The van der Waals surface area contributed by atoms with Crippen LogP contribution < -0.4 is 75.7 Å². The molecule has 0 aliphatic carbocycles. The monoisotopic (exact) mass is 1890 g/mol. The molecule has 2 fully saturated rings. The van der Waals surface area contributed by atoms with E-state index in [1.54, 1.807) is 105 Å². The number of primary amides is 2. The predicted molar refractivity (Wildman–Crippen MR) is 501 cm³/mol. The Morgan fingerprint density at radius 2 is 1.07 bits per heavy atom. The van der Waals surface area contributed by atoms with Gasteiger partial charge in [-0.1, -0.05) is 102 Å². The van der Waals surface area contributed by atoms with Gasteiger partial charge in [0, 0.05) is 136 Å². The molecule has 2 aliphatic heterocycles. The zero-order valence-electron chi connectivity index (χ0n) is 77.4. The van der Waals surface area contributed by atoms with Gasteiger partial charge in [-0.2, -0.15) is 0 Å². The van der Waals surface area contributed by atoms with Gasteiger partial charge in [-0.15, -0.1) is 11.8 Å². The maximum atomic E-state index is 15.7. The maximum absolute atomic E-state index is 15.7. The summed E-state index contributed by atoms with van der Waals surface area (Å²) in [5.41, 5.74) is 20.8. The molecular formula is C91H127N25O18S. The normalized spacial score (nSPS) is 23.3. The highest BCUT2D eigenvalue weighted by Gasteiger charge is 2.44. The summed E-state index contributed by atoms with van der Waals surface area (Å²) >= 11 is 0.794. The van der Waals surface area contributed by atoms with Gasteiger partial charge in [0.1, 0.15) is 78.5 Å². The molecule has 2 saturated heterocycles. The van der Waals surface area contributed by atoms with Crippen molar-refractivity contribution in [1.29, 1.82) is 5.41 Å². The predicted octanol–water partition coefficient (Wildman–Crippen LogP) is -1.66. The first-order chi connectivity index (χ1) is 64.4. The standard InChI is InChI=1S/C91H127N25O18S/c1-10-12-28-71-84(128)105-62(27-19-32-98-91(94)95)80(124)111-70(79(123)101-44-75(93)119)47-135-48-77(121)104-66(36-52-21-18-26-59-58(52)31-33-97-59)87(131)113(7)51(5)78(122)107-68(40-74(92)118)89(133)116-34-20-30-72(116)85(129)106-64(39-55-43-96-49-102-55)82(126)108-65(35-50(3)4)86(130)112(6)45-76(120)103-63(37-53-41-99-60-24-16-14-22-56(53)60)81(125)110-69(46-117)83(127)109-67(38-54-42-100-61-25-17-15-23-57(54)61)88(132)115(9)73(29-13-11-2)90(134)114(71)8/h14-18,21-26,31,33,41-43,49-51,62-73,97,99-100,117H,10-13,19-20,27-30,32,34-40,44-48H2,1-9H3,(H2,92,118)(H2,93,119)(H,96,102)(H,101,123)(H,103,120)(H,104,121)(H,105,128)(H,106,129)(H,107,122)(H,108,126)(H,109,127)(H,110,125)(H,111,124)(H4,94,95,98)/t51-,62-,63-,64-,65-,66-,67-,68-,69-,70-,71-,72-,73-/m0/s1. The highest BCUT2D eigenvalue weighted by atomic mass is 32.2. The van der Waals surface area contributed by atoms with Crippen LogP contribution in [0.25, 0.3) is 32.7 Å². The van der Waals surface area contributed by atoms with Crippen LogP contribution in [0.1, 0.15) is 134 Å². The first-order valence-electron chi connectivity index (χ1n) is 45.2. The summed E-state index contributed by atoms with van der Waals surface area (Å²) < 4.78 is 0. The van der Waals surface area contributed by atoms with Crippen molar-refractivity contribution in [3.05, 3.63) is 126 Å². The fraction of sp³-hybridized carbons (Fsp3) is 0.505. The van der Waals surface area contributed by atoms with Crippen molar-refractivity contribution in [3.8, 4) is 0 Å². The van der Waals surface area contributed by atoms with Crippen LogP contribution in [-0.2, 0) is 107 Å². The van der Waals surface area contributed by atoms with Crippen molar-refractivity contribution in [2.24, 2.45) is 23.1 Å². The molecule has 6 heterocycles. The molecule has 0 unspecified atom stereocenters. The van der Waals surface area contributed by atoms with Crippen LogP contribution in [0.4, 0.5) is 0 Å². The smallest absolute Gasteiger partial charge is 0.246 e. The lowest BCUT2D eigenvalue weighted by Gasteiger charge is -2.36. The maximum Gasteiger partial charge on any atom is 0.246 e. The van der Waals surface area contributed by atoms with Gasteiger partial charge in [0.15, 0.2) is 5.96 Å². The molecule has 0 bridgehead atoms. The number of rotatable bonds is 26. The first-order valence-corrected chi connectivity index (χ1v) is 46.4. The second-order valence-electron chi connectivity index (χ2n) is 34.5. The van der Waals surface area contributed by atoms with Gasteiger partial charge in [-0.25, -0.2) is 4.98 Å². The third-order valence-electron chi connectivity index (χ3n) is 24.0. The highest BCUT2D eigenvalue weighted by Crippen LogP contribution is 2.27. The number of guanidine groups is 1. The number of imidazole rings is 1. The van der Waals surface area contributed by atoms with Crippen LogP contribution >= 0.6 is 11.8 Å². The Labute approximate surface area is 784 Å². The number of unbranched alkanes of at least 4 members (excludes halogenated alkanes) is 2. The molecule has 0 saturated carbocycles. The van der Waals surface area contributed by atoms with E-state index in [1.165, 1.54) is 47.6 Å². The van der Waals surface area contributed by atoms with E-state index in [2.05, 4.69) is 83.4 Å². The van der Waals surface area contributed by atoms with E-state index in [4.69, 9.17) is 22.6 Å². The number of hydrogen-bond acceptors (Lipinski definition) is 21. The number of hydrogen-bond donors (Lipinski definition) is 20. The Balaban J connectivity index is 1.09. The number of aromatic nitrogens is 5. The molecule has 44 heteroatoms. The van der Waals surface area contributed by atoms with Crippen molar-refractivity contribution in [2.45, 2.75) is 216 Å². The third-order valence-corrected chi connectivity index (χ3v) is 25.0. The van der Waals surface area contributed by atoms with Crippen LogP contribution in [0, 0.1) is 11.3 Å². The number of thioether (sulfide) groups is 1. The zero-order valence-corrected chi connectivity index (χ0v) is 78.2. The number of likely N-dealkylation sites (N-methyl/N-ethyl adjacent to an activating group) is 4. The summed E-state index contributed by atoms with van der Waals surface area (Å²) in [6.07, 6.45) is 7.59. The van der Waals surface area contributed by atoms with Crippen LogP contribution in [-0.4, -0.2) is 312 Å². The third kappa shape index (κ3) is 29.3. The van der Waals surface area contributed by atoms with Gasteiger partial charge in [0.05, 0.1) is 38.2 Å². The van der Waals surface area contributed by atoms with Crippen LogP contribution in [0.3, 0.4) is 0 Å². The first kappa shape index (κ1) is 105. The number of nitrogens with zero attached hydrogens (tertiary/aromatic N) is 6. The van der Waals surface area contributed by atoms with Gasteiger partial charge in [0.2, 0.25) is 100 Å². The highest BCUT2D eigenvalue weighted by molar-refractivity contribution is 8.00. The molecule has 17 amide bonds. The minimum Gasteiger partial charge on any atom is -0.394 e. The lowest BCUT2D eigenvalue weighted by Crippen LogP contribution is -2.61. The Kier molecular flexibility index (Phi) is 39.0. The van der Waals surface area contributed by atoms with Crippen molar-refractivity contribution >= 4 is 151 Å². The summed E-state index contributed by atoms with van der Waals surface area (Å²) in [6.45, 7) is 5.91. The molecule has 4 aromatic heterocycles. The lowest BCUT2D eigenvalue weighted by atomic mass is 10.00. The van der Waals surface area contributed by atoms with E-state index in [0.29, 0.717) is 80.8 Å². The average molecular weight is 1890 g/mol. The quantitative estimate of drug-likeness (QED) is 0.0164. The van der Waals surface area contributed by atoms with Crippen molar-refractivity contribution in [3.63, 3.8) is 0 Å². The second-order valence-corrected chi connectivity index (χ2v) is 35.6. The van der Waals surface area contributed by atoms with E-state index >= 15 is 33.6 Å². The molecule has 13 atom stereocenters. The summed E-state index contributed by atoms with van der Waals surface area (Å²) in [4.78, 5) is 272. The summed E-state index contributed by atoms with van der Waals surface area (Å²) in [6, 6.07) is 1.29. The fourth-order valence-corrected chi connectivity index (χ4v) is 17.4. The van der Waals surface area contributed by atoms with Crippen LogP contribution in [0.5, 0.6) is 0 Å². The molecule has 23 N–H and O–H groups in total. The molecule has 0 spiro atoms. The van der Waals surface area contributed by atoms with E-state index < -0.39 is 223 Å². The number of carbonyl (C=O) groups is 17. The molecule has 3 aromatic carbocycles. The molecule has 0 radical (unpaired) electrons. The fourth-order valence-electron chi connectivity index (χ4n) is 16.5. The average Bonchev–Trinajstić information content (AvgIpc) is 1.36. The topological polar surface area (TPSA) is 637 Å². The minimum atomic E-state index is -1.85. The molecule has 43 nitrogen and oxygen atoms in total. The molecule has 9 rings (SSSR count). The summed E-state index contributed by atoms with van der Waals surface area (Å²) in [5, 5.41) is 50.2. The number of nitrogens with one attached hydrogen (secondary N) is 16. The van der Waals surface area contributed by atoms with E-state index in [-0.39, 0.29) is 89.6 Å². The SMILES string of the molecule is CCCC[C@H]1C(=O)N(C)[C@@H](CCCC)C(=O)N[C@@H](CCCNC(=N)N)C(=O)N[C@H](C(=O)NCC(N)=O)CSCC(=O)N[C@@H](Cc2cccc3[nH]ccc23)C(=O)N(C)[C@@H](C)C(=O)N[C@@H](CC(N)=O)C(=O)N2CCC[C@H]2C(=O)N[C@@H](Cc2cnc[nH]2)C(=O)N[C@@H](CC(C)C)C(=O)N(C)CC(=O)N[C@@H](Cc2c[nH]c3ccccc23)C(=O)N[C@@H](CO)C(=O)N[C@@H](Cc2c[nH]c3ccccc23)C(=O)N1C. The zero-order chi connectivity index (χ0) is 98.4.